The number of rotatable bonds is 22. The highest BCUT2D eigenvalue weighted by Gasteiger charge is 2.44. The molecule has 13 amide bonds. The summed E-state index contributed by atoms with van der Waals surface area (Å²) in [6.07, 6.45) is 0.729. The van der Waals surface area contributed by atoms with Gasteiger partial charge >= 0.3 is 0 Å². The number of ether oxygens (including phenoxy) is 2. The summed E-state index contributed by atoms with van der Waals surface area (Å²) in [6, 6.07) is -3.06. The lowest BCUT2D eigenvalue weighted by Crippen LogP contribution is -2.62. The second-order valence-electron chi connectivity index (χ2n) is 32.5. The van der Waals surface area contributed by atoms with Crippen LogP contribution in [0.3, 0.4) is 0 Å². The van der Waals surface area contributed by atoms with Crippen molar-refractivity contribution in [3.8, 4) is 5.75 Å². The molecule has 31 nitrogen and oxygen atoms in total. The highest BCUT2D eigenvalue weighted by Crippen LogP contribution is 2.26. The van der Waals surface area contributed by atoms with Gasteiger partial charge in [0.05, 0.1) is 56.8 Å². The minimum atomic E-state index is -4.08. The monoisotopic (exact) mass is 1610 g/mol. The van der Waals surface area contributed by atoms with Gasteiger partial charge < -0.3 is 75.0 Å². The maximum Gasteiger partial charge on any atom is 0.268 e. The lowest BCUT2D eigenvalue weighted by molar-refractivity contribution is -0.152. The number of halogens is 1. The Balaban J connectivity index is 2.07. The minimum absolute atomic E-state index is 0.0121. The van der Waals surface area contributed by atoms with Gasteiger partial charge in [0.2, 0.25) is 80.9 Å². The van der Waals surface area contributed by atoms with Crippen LogP contribution in [0.1, 0.15) is 176 Å². The van der Waals surface area contributed by atoms with Crippen LogP contribution in [-0.4, -0.2) is 291 Å². The summed E-state index contributed by atoms with van der Waals surface area (Å²) in [5, 5.41) is 23.0. The zero-order valence-electron chi connectivity index (χ0n) is 69.6. The molecule has 2 heterocycles. The number of hydrogen-bond acceptors (Lipinski definition) is 18. The zero-order chi connectivity index (χ0) is 84.7. The summed E-state index contributed by atoms with van der Waals surface area (Å²) in [5.41, 5.74) is -0.452. The normalized spacial score (nSPS) is 23.2. The van der Waals surface area contributed by atoms with Crippen LogP contribution in [0.25, 0.3) is 0 Å². The maximum absolute atomic E-state index is 15.7. The smallest absolute Gasteiger partial charge is 0.268 e. The largest absolute Gasteiger partial charge is 0.496 e. The molecule has 0 aromatic heterocycles. The topological polar surface area (TPSA) is 381 Å². The Morgan fingerprint density at radius 3 is 1.58 bits per heavy atom. The number of benzene rings is 2. The molecule has 0 spiro atoms. The van der Waals surface area contributed by atoms with Gasteiger partial charge in [-0.3, -0.25) is 62.3 Å². The number of piperidine rings is 1. The van der Waals surface area contributed by atoms with Gasteiger partial charge in [-0.2, -0.15) is 0 Å². The molecule has 2 saturated heterocycles. The van der Waals surface area contributed by atoms with E-state index in [4.69, 9.17) is 21.1 Å². The number of carbonyl (C=O) groups excluding carboxylic acids is 13. The van der Waals surface area contributed by atoms with E-state index in [9.17, 15) is 37.5 Å². The standard InChI is InChI=1S/C79H126ClN13O18S/c1-22-23-32-93-45-67(97)88(16)63(38-50(8)9)77(106)91(19)60(36-48(4)5)71(100)83-58(46-111-79(11,12)13)75(104)90(18)59(35-47(2)3)70(99)82-57(76(105)92-33-25-24-26-34-92)43-65(95)86(14)44-66(96)87(15)62(41-52-28-27-29-54(80)39-52)72(101)81-56(40-53-30-31-55(64(42-53)110-20)69(98)85-112(21,108)109)74(103)89(17)61(37-49(6)7)73(102)84-68(51(10)94)78(93)107/h27-31,39,42,47-51,56-63,68,94H,22-26,32-38,40-41,43-46H2,1-21H3,(H,81,101)(H,82,99)(H,83,100)(H,84,102)(H,85,98)/t51-,56+,57+,58+,59+,60+,61+,62+,63+,68+/m1/s1. The third-order valence-corrected chi connectivity index (χ3v) is 20.6. The van der Waals surface area contributed by atoms with Crippen molar-refractivity contribution in [3.63, 3.8) is 0 Å². The number of aliphatic hydroxyl groups is 1. The van der Waals surface area contributed by atoms with Crippen molar-refractivity contribution in [2.24, 2.45) is 23.7 Å². The molecule has 4 rings (SSSR count). The number of methoxy groups -OCH3 is 1. The van der Waals surface area contributed by atoms with Crippen molar-refractivity contribution in [2.45, 2.75) is 233 Å². The van der Waals surface area contributed by atoms with Gasteiger partial charge in [-0.15, -0.1) is 0 Å². The number of nitrogens with one attached hydrogen (secondary N) is 5. The molecule has 628 valence electrons. The molecule has 0 aliphatic carbocycles. The number of aliphatic hydroxyl groups excluding tert-OH is 1. The number of likely N-dealkylation sites (N-methyl/N-ethyl adjacent to an activating group) is 6. The van der Waals surface area contributed by atoms with Crippen LogP contribution >= 0.6 is 11.6 Å². The molecular formula is C79H126ClN13O18S. The Bertz CT molecular complexity index is 3730. The first-order valence-corrected chi connectivity index (χ1v) is 41.0. The fourth-order valence-corrected chi connectivity index (χ4v) is 14.0. The van der Waals surface area contributed by atoms with Crippen LogP contribution in [0.2, 0.25) is 5.02 Å². The second-order valence-corrected chi connectivity index (χ2v) is 34.7. The van der Waals surface area contributed by atoms with E-state index < -0.39 is 185 Å². The van der Waals surface area contributed by atoms with Crippen molar-refractivity contribution in [1.29, 1.82) is 0 Å². The van der Waals surface area contributed by atoms with Crippen LogP contribution in [0.5, 0.6) is 5.75 Å². The quantitative estimate of drug-likeness (QED) is 0.0976. The molecule has 2 aromatic rings. The third kappa shape index (κ3) is 29.2. The van der Waals surface area contributed by atoms with E-state index in [-0.39, 0.29) is 84.2 Å². The summed E-state index contributed by atoms with van der Waals surface area (Å²) in [4.78, 5) is 205. The summed E-state index contributed by atoms with van der Waals surface area (Å²) in [7, 11) is 5.20. The van der Waals surface area contributed by atoms with Crippen LogP contribution in [0.4, 0.5) is 0 Å². The fourth-order valence-electron chi connectivity index (χ4n) is 13.4. The molecule has 33 heteroatoms. The van der Waals surface area contributed by atoms with Crippen LogP contribution in [-0.2, 0) is 85.1 Å². The first-order chi connectivity index (χ1) is 52.1. The average molecular weight is 1610 g/mol. The van der Waals surface area contributed by atoms with Crippen molar-refractivity contribution in [2.75, 3.05) is 95.0 Å². The maximum atomic E-state index is 15.7. The Hall–Kier alpha value is -8.49. The van der Waals surface area contributed by atoms with Crippen LogP contribution in [0.15, 0.2) is 42.5 Å². The van der Waals surface area contributed by atoms with E-state index in [1.807, 2.05) is 53.2 Å². The van der Waals surface area contributed by atoms with Gasteiger partial charge in [-0.25, -0.2) is 13.1 Å². The molecule has 2 aliphatic rings. The number of nitrogens with zero attached hydrogens (tertiary/aromatic N) is 8. The number of sulfonamides is 1. The predicted molar refractivity (Wildman–Crippen MR) is 424 cm³/mol. The van der Waals surface area contributed by atoms with E-state index in [1.165, 1.54) is 89.2 Å². The molecule has 112 heavy (non-hydrogen) atoms. The Labute approximate surface area is 667 Å². The van der Waals surface area contributed by atoms with E-state index >= 15 is 38.4 Å². The van der Waals surface area contributed by atoms with Crippen molar-refractivity contribution >= 4 is 98.4 Å². The van der Waals surface area contributed by atoms with Gasteiger partial charge in [0, 0.05) is 79.8 Å². The summed E-state index contributed by atoms with van der Waals surface area (Å²) >= 11 is 6.51. The average Bonchev–Trinajstić information content (AvgIpc) is 0.820. The van der Waals surface area contributed by atoms with Gasteiger partial charge in [-0.05, 0) is 138 Å². The first-order valence-electron chi connectivity index (χ1n) is 38.7. The molecule has 10 atom stereocenters. The van der Waals surface area contributed by atoms with E-state index in [0.29, 0.717) is 44.3 Å². The number of likely N-dealkylation sites (tertiary alicyclic amines) is 1. The minimum Gasteiger partial charge on any atom is -0.496 e. The van der Waals surface area contributed by atoms with E-state index in [1.54, 1.807) is 58.9 Å². The van der Waals surface area contributed by atoms with Crippen LogP contribution in [0, 0.1) is 23.7 Å². The molecule has 0 bridgehead atoms. The van der Waals surface area contributed by atoms with E-state index in [0.717, 1.165) is 37.2 Å². The van der Waals surface area contributed by atoms with Crippen LogP contribution < -0.4 is 30.7 Å². The van der Waals surface area contributed by atoms with Gasteiger partial charge in [0.25, 0.3) is 5.91 Å². The SMILES string of the molecule is CCCCN1CC(=O)N(C)[C@@H](CC(C)C)C(=O)N(C)[C@@H](CC(C)C)C(=O)N[C@@H](COC(C)(C)C)C(=O)N(C)[C@@H](CC(C)C)C(=O)N[C@H](C(=O)N2CCCCC2)CC(=O)N(C)CC(=O)N(C)[C@@H](Cc2cccc(Cl)c2)C(=O)N[C@@H](Cc2ccc(C(=O)NS(C)(=O)=O)c(OC)c2)C(=O)N(C)[C@@H](CC(C)C)C(=O)N[C@@H]([C@@H](C)O)C1=O. The molecule has 2 aromatic carbocycles. The van der Waals surface area contributed by atoms with E-state index in [2.05, 4.69) is 21.3 Å². The van der Waals surface area contributed by atoms with Crippen molar-refractivity contribution < 1.29 is 85.3 Å². The van der Waals surface area contributed by atoms with Crippen molar-refractivity contribution in [3.05, 3.63) is 64.2 Å². The van der Waals surface area contributed by atoms with Crippen molar-refractivity contribution in [1.82, 2.24) is 65.2 Å². The number of unbranched alkanes of at least 4 members (excludes halogenated alkanes) is 1. The lowest BCUT2D eigenvalue weighted by Gasteiger charge is -2.38. The number of hydrogen-bond donors (Lipinski definition) is 6. The fraction of sp³-hybridized carbons (Fsp3) is 0.684. The summed E-state index contributed by atoms with van der Waals surface area (Å²) < 4.78 is 38.1. The Morgan fingerprint density at radius 1 is 0.589 bits per heavy atom. The predicted octanol–water partition coefficient (Wildman–Crippen LogP) is 3.78. The third-order valence-electron chi connectivity index (χ3n) is 19.8. The molecule has 0 radical (unpaired) electrons. The Morgan fingerprint density at radius 2 is 1.07 bits per heavy atom. The zero-order valence-corrected chi connectivity index (χ0v) is 71.2. The lowest BCUT2D eigenvalue weighted by atomic mass is 9.97. The molecule has 0 saturated carbocycles. The molecule has 2 aliphatic heterocycles. The summed E-state index contributed by atoms with van der Waals surface area (Å²) in [5.74, 6) is -12.0. The van der Waals surface area contributed by atoms with Gasteiger partial charge in [0.15, 0.2) is 0 Å². The Kier molecular flexibility index (Phi) is 37.4. The highest BCUT2D eigenvalue weighted by molar-refractivity contribution is 7.89. The highest BCUT2D eigenvalue weighted by atomic mass is 35.5. The van der Waals surface area contributed by atoms with Gasteiger partial charge in [0.1, 0.15) is 60.1 Å². The first kappa shape index (κ1) is 95.9. The van der Waals surface area contributed by atoms with Gasteiger partial charge in [-0.1, -0.05) is 98.5 Å². The second kappa shape index (κ2) is 43.7. The number of carbonyl (C=O) groups is 13. The molecule has 6 N–H and O–H groups in total. The number of amides is 13. The molecular weight excluding hydrogens is 1490 g/mol. The molecule has 2 fully saturated rings. The summed E-state index contributed by atoms with van der Waals surface area (Å²) in [6.45, 7) is 21.6. The molecule has 0 unspecified atom stereocenters.